The number of anilines is 1. The van der Waals surface area contributed by atoms with Gasteiger partial charge in [0.2, 0.25) is 5.91 Å². The number of nitrogens with one attached hydrogen (secondary N) is 2. The number of rotatable bonds is 9. The molecule has 5 rings (SSSR count). The van der Waals surface area contributed by atoms with E-state index in [-0.39, 0.29) is 48.0 Å². The number of H-pyrrole nitrogens is 1. The first-order valence-electron chi connectivity index (χ1n) is 13.0. The maximum atomic E-state index is 14.1. The minimum atomic E-state index is -0.816. The van der Waals surface area contributed by atoms with E-state index in [9.17, 15) is 14.0 Å². The molecule has 0 aliphatic carbocycles. The summed E-state index contributed by atoms with van der Waals surface area (Å²) in [5, 5.41) is 3.10. The molecule has 4 aromatic rings. The molecule has 3 atom stereocenters. The monoisotopic (exact) mass is 505 g/mol. The highest BCUT2D eigenvalue weighted by atomic mass is 19.1. The first kappa shape index (κ1) is 24.9. The van der Waals surface area contributed by atoms with E-state index >= 15 is 0 Å². The second kappa shape index (κ2) is 10.7. The van der Waals surface area contributed by atoms with Crippen molar-refractivity contribution in [3.63, 3.8) is 0 Å². The highest BCUT2D eigenvalue weighted by Crippen LogP contribution is 2.26. The van der Waals surface area contributed by atoms with Crippen molar-refractivity contribution in [1.82, 2.24) is 19.9 Å². The van der Waals surface area contributed by atoms with Crippen LogP contribution in [0, 0.1) is 5.82 Å². The van der Waals surface area contributed by atoms with E-state index in [2.05, 4.69) is 27.2 Å². The summed E-state index contributed by atoms with van der Waals surface area (Å²) in [6.45, 7) is 4.67. The number of likely N-dealkylation sites (tertiary alicyclic amines) is 1. The number of hydrogen-bond acceptors (Lipinski definition) is 6. The molecule has 0 unspecified atom stereocenters. The SMILES string of the molecule is CC[C@H]1CCCCN1C(=O)C[C@H](Nc1nc2ccccc2o1)C(=O)C[C@@H](C)c1nc2c(F)cccc2[nH]1. The van der Waals surface area contributed by atoms with Crippen molar-refractivity contribution in [2.75, 3.05) is 11.9 Å². The van der Waals surface area contributed by atoms with Crippen LogP contribution < -0.4 is 5.32 Å². The van der Waals surface area contributed by atoms with Crippen molar-refractivity contribution in [2.24, 2.45) is 0 Å². The van der Waals surface area contributed by atoms with Crippen LogP contribution in [-0.4, -0.2) is 50.2 Å². The summed E-state index contributed by atoms with van der Waals surface area (Å²) in [6.07, 6.45) is 4.08. The van der Waals surface area contributed by atoms with Gasteiger partial charge in [0.1, 0.15) is 16.9 Å². The second-order valence-corrected chi connectivity index (χ2v) is 9.86. The van der Waals surface area contributed by atoms with Crippen molar-refractivity contribution in [1.29, 1.82) is 0 Å². The number of carbonyl (C=O) groups is 2. The average molecular weight is 506 g/mol. The lowest BCUT2D eigenvalue weighted by Crippen LogP contribution is -2.46. The van der Waals surface area contributed by atoms with Crippen LogP contribution in [0.15, 0.2) is 46.9 Å². The minimum Gasteiger partial charge on any atom is -0.424 e. The molecule has 1 fully saturated rings. The number of piperidine rings is 1. The average Bonchev–Trinajstić information content (AvgIpc) is 3.53. The lowest BCUT2D eigenvalue weighted by molar-refractivity contribution is -0.137. The highest BCUT2D eigenvalue weighted by Gasteiger charge is 2.31. The predicted octanol–water partition coefficient (Wildman–Crippen LogP) is 5.57. The number of imidazole rings is 1. The van der Waals surface area contributed by atoms with Gasteiger partial charge in [-0.2, -0.15) is 4.98 Å². The van der Waals surface area contributed by atoms with Crippen LogP contribution in [0.25, 0.3) is 22.1 Å². The molecule has 2 aromatic heterocycles. The predicted molar refractivity (Wildman–Crippen MR) is 140 cm³/mol. The van der Waals surface area contributed by atoms with E-state index in [4.69, 9.17) is 4.42 Å². The van der Waals surface area contributed by atoms with Gasteiger partial charge in [0.15, 0.2) is 17.2 Å². The number of aromatic amines is 1. The number of para-hydroxylation sites is 3. The molecule has 3 heterocycles. The van der Waals surface area contributed by atoms with E-state index in [1.165, 1.54) is 6.07 Å². The zero-order valence-electron chi connectivity index (χ0n) is 21.2. The van der Waals surface area contributed by atoms with E-state index in [0.717, 1.165) is 25.7 Å². The number of nitrogens with zero attached hydrogens (tertiary/aromatic N) is 3. The summed E-state index contributed by atoms with van der Waals surface area (Å²) < 4.78 is 19.9. The van der Waals surface area contributed by atoms with Crippen LogP contribution in [0.1, 0.15) is 64.1 Å². The van der Waals surface area contributed by atoms with Crippen LogP contribution in [-0.2, 0) is 9.59 Å². The number of oxazole rings is 1. The molecule has 0 bridgehead atoms. The van der Waals surface area contributed by atoms with Gasteiger partial charge in [-0.15, -0.1) is 0 Å². The molecule has 194 valence electrons. The number of amides is 1. The van der Waals surface area contributed by atoms with Gasteiger partial charge >= 0.3 is 0 Å². The summed E-state index contributed by atoms with van der Waals surface area (Å²) in [7, 11) is 0. The van der Waals surface area contributed by atoms with Gasteiger partial charge in [0.25, 0.3) is 6.01 Å². The Bertz CT molecular complexity index is 1380. The summed E-state index contributed by atoms with van der Waals surface area (Å²) in [6, 6.07) is 11.7. The van der Waals surface area contributed by atoms with E-state index in [0.29, 0.717) is 29.0 Å². The smallest absolute Gasteiger partial charge is 0.296 e. The Morgan fingerprint density at radius 1 is 1.16 bits per heavy atom. The van der Waals surface area contributed by atoms with Gasteiger partial charge in [0.05, 0.1) is 18.0 Å². The van der Waals surface area contributed by atoms with Crippen molar-refractivity contribution < 1.29 is 18.4 Å². The quantitative estimate of drug-likeness (QED) is 0.308. The fourth-order valence-electron chi connectivity index (χ4n) is 5.16. The van der Waals surface area contributed by atoms with Crippen LogP contribution in [0.5, 0.6) is 0 Å². The Balaban J connectivity index is 1.36. The number of fused-ring (bicyclic) bond motifs is 2. The van der Waals surface area contributed by atoms with Gasteiger partial charge < -0.3 is 19.6 Å². The molecule has 2 N–H and O–H groups in total. The molecule has 37 heavy (non-hydrogen) atoms. The first-order valence-corrected chi connectivity index (χ1v) is 13.0. The summed E-state index contributed by atoms with van der Waals surface area (Å²) in [4.78, 5) is 40.8. The molecule has 2 aromatic carbocycles. The molecule has 0 saturated carbocycles. The summed E-state index contributed by atoms with van der Waals surface area (Å²) in [5.41, 5.74) is 2.11. The zero-order valence-corrected chi connectivity index (χ0v) is 21.2. The molecular weight excluding hydrogens is 473 g/mol. The second-order valence-electron chi connectivity index (χ2n) is 9.86. The minimum absolute atomic E-state index is 0.00946. The molecule has 1 aliphatic heterocycles. The number of carbonyl (C=O) groups excluding carboxylic acids is 2. The molecule has 1 amide bonds. The van der Waals surface area contributed by atoms with Crippen molar-refractivity contribution >= 4 is 39.8 Å². The summed E-state index contributed by atoms with van der Waals surface area (Å²) in [5.74, 6) is -0.393. The Labute approximate surface area is 214 Å². The number of ketones is 1. The maximum Gasteiger partial charge on any atom is 0.296 e. The Morgan fingerprint density at radius 3 is 2.78 bits per heavy atom. The van der Waals surface area contributed by atoms with Gasteiger partial charge in [0, 0.05) is 24.9 Å². The first-order chi connectivity index (χ1) is 17.9. The van der Waals surface area contributed by atoms with Crippen molar-refractivity contribution in [3.05, 3.63) is 54.1 Å². The maximum absolute atomic E-state index is 14.1. The largest absolute Gasteiger partial charge is 0.424 e. The number of benzene rings is 2. The fraction of sp³-hybridized carbons (Fsp3) is 0.429. The van der Waals surface area contributed by atoms with Crippen molar-refractivity contribution in [3.8, 4) is 0 Å². The normalized spacial score (nSPS) is 17.7. The third-order valence-electron chi connectivity index (χ3n) is 7.23. The molecular formula is C28H32FN5O3. The number of halogens is 1. The van der Waals surface area contributed by atoms with Gasteiger partial charge in [-0.3, -0.25) is 9.59 Å². The molecule has 1 aliphatic rings. The lowest BCUT2D eigenvalue weighted by atomic mass is 9.95. The topological polar surface area (TPSA) is 104 Å². The van der Waals surface area contributed by atoms with E-state index < -0.39 is 11.9 Å². The van der Waals surface area contributed by atoms with Crippen LogP contribution >= 0.6 is 0 Å². The fourth-order valence-corrected chi connectivity index (χ4v) is 5.16. The van der Waals surface area contributed by atoms with Gasteiger partial charge in [-0.05, 0) is 49.9 Å². The van der Waals surface area contributed by atoms with E-state index in [1.807, 2.05) is 30.0 Å². The van der Waals surface area contributed by atoms with Gasteiger partial charge in [-0.25, -0.2) is 9.37 Å². The number of aromatic nitrogens is 3. The molecule has 9 heteroatoms. The van der Waals surface area contributed by atoms with E-state index in [1.54, 1.807) is 18.2 Å². The molecule has 0 spiro atoms. The van der Waals surface area contributed by atoms with Gasteiger partial charge in [-0.1, -0.05) is 32.0 Å². The Hall–Kier alpha value is -3.75. The standard InChI is InChI=1S/C28H32FN5O3/c1-3-18-9-6-7-14-34(18)25(36)16-22(32-28-31-20-11-4-5-13-24(20)37-28)23(35)15-17(2)27-30-21-12-8-10-19(29)26(21)33-27/h4-5,8,10-13,17-18,22H,3,6-7,9,14-16H2,1-2H3,(H,30,33)(H,31,32)/t17-,18+,22+/m1/s1. The Kier molecular flexibility index (Phi) is 7.21. The molecule has 8 nitrogen and oxygen atoms in total. The molecule has 1 saturated heterocycles. The third kappa shape index (κ3) is 5.35. The lowest BCUT2D eigenvalue weighted by Gasteiger charge is -2.36. The number of Topliss-reactive ketones (excluding diaryl/α,β-unsaturated/α-hetero) is 1. The third-order valence-corrected chi connectivity index (χ3v) is 7.23. The van der Waals surface area contributed by atoms with Crippen molar-refractivity contribution in [2.45, 2.75) is 70.4 Å². The zero-order chi connectivity index (χ0) is 25.9. The highest BCUT2D eigenvalue weighted by molar-refractivity contribution is 5.92. The Morgan fingerprint density at radius 2 is 2.00 bits per heavy atom. The van der Waals surface area contributed by atoms with Crippen LogP contribution in [0.2, 0.25) is 0 Å². The number of hydrogen-bond donors (Lipinski definition) is 2. The molecule has 0 radical (unpaired) electrons. The summed E-state index contributed by atoms with van der Waals surface area (Å²) >= 11 is 0. The van der Waals surface area contributed by atoms with Crippen LogP contribution in [0.4, 0.5) is 10.4 Å². The van der Waals surface area contributed by atoms with Crippen LogP contribution in [0.3, 0.4) is 0 Å².